The summed E-state index contributed by atoms with van der Waals surface area (Å²) in [6.45, 7) is 3.84. The number of nitro groups is 1. The molecule has 1 aromatic carbocycles. The molecule has 0 heterocycles. The topological polar surface area (TPSA) is 69.4 Å². The number of aryl methyl sites for hydroxylation is 1. The number of nitro benzene ring substituents is 1. The lowest BCUT2D eigenvalue weighted by atomic mass is 10.0. The van der Waals surface area contributed by atoms with Gasteiger partial charge in [0, 0.05) is 12.1 Å². The Kier molecular flexibility index (Phi) is 3.99. The van der Waals surface area contributed by atoms with Crippen molar-refractivity contribution in [3.05, 3.63) is 39.4 Å². The maximum atomic E-state index is 11.5. The van der Waals surface area contributed by atoms with Gasteiger partial charge in [0.05, 0.1) is 17.1 Å². The van der Waals surface area contributed by atoms with Gasteiger partial charge in [0.2, 0.25) is 0 Å². The van der Waals surface area contributed by atoms with Crippen molar-refractivity contribution in [3.8, 4) is 0 Å². The van der Waals surface area contributed by atoms with Crippen LogP contribution < -0.4 is 0 Å². The second-order valence-corrected chi connectivity index (χ2v) is 3.17. The van der Waals surface area contributed by atoms with Crippen LogP contribution >= 0.6 is 0 Å². The molecule has 86 valence electrons. The van der Waals surface area contributed by atoms with Gasteiger partial charge in [-0.15, -0.1) is 0 Å². The Hall–Kier alpha value is -1.91. The fourth-order valence-corrected chi connectivity index (χ4v) is 1.39. The van der Waals surface area contributed by atoms with Gasteiger partial charge in [0.15, 0.2) is 0 Å². The Balaban J connectivity index is 3.11. The van der Waals surface area contributed by atoms with Crippen molar-refractivity contribution >= 4 is 11.7 Å². The number of carbonyl (C=O) groups excluding carboxylic acids is 1. The van der Waals surface area contributed by atoms with Crippen LogP contribution in [-0.4, -0.2) is 17.5 Å². The van der Waals surface area contributed by atoms with Gasteiger partial charge in [0.1, 0.15) is 0 Å². The second kappa shape index (κ2) is 5.25. The van der Waals surface area contributed by atoms with Crippen molar-refractivity contribution in [2.24, 2.45) is 0 Å². The van der Waals surface area contributed by atoms with E-state index in [2.05, 4.69) is 0 Å². The van der Waals surface area contributed by atoms with Gasteiger partial charge in [-0.2, -0.15) is 0 Å². The van der Waals surface area contributed by atoms with Crippen LogP contribution in [0.1, 0.15) is 29.8 Å². The SMILES string of the molecule is CCOC(=O)c1ccc([N+](=O)[O-])cc1CC. The van der Waals surface area contributed by atoms with Crippen LogP contribution in [0.25, 0.3) is 0 Å². The first-order chi connectivity index (χ1) is 7.60. The van der Waals surface area contributed by atoms with E-state index in [1.807, 2.05) is 6.92 Å². The predicted molar refractivity (Wildman–Crippen MR) is 58.4 cm³/mol. The van der Waals surface area contributed by atoms with Crippen LogP contribution in [0.5, 0.6) is 0 Å². The van der Waals surface area contributed by atoms with Crippen molar-refractivity contribution in [3.63, 3.8) is 0 Å². The zero-order chi connectivity index (χ0) is 12.1. The lowest BCUT2D eigenvalue weighted by molar-refractivity contribution is -0.384. The number of nitrogens with zero attached hydrogens (tertiary/aromatic N) is 1. The number of rotatable bonds is 4. The fraction of sp³-hybridized carbons (Fsp3) is 0.364. The normalized spacial score (nSPS) is 9.88. The minimum absolute atomic E-state index is 0.00935. The zero-order valence-electron chi connectivity index (χ0n) is 9.23. The summed E-state index contributed by atoms with van der Waals surface area (Å²) in [4.78, 5) is 21.6. The van der Waals surface area contributed by atoms with E-state index in [1.165, 1.54) is 18.2 Å². The number of non-ortho nitro benzene ring substituents is 1. The molecule has 0 amide bonds. The molecule has 0 radical (unpaired) electrons. The molecule has 0 saturated carbocycles. The molecular weight excluding hydrogens is 210 g/mol. The highest BCUT2D eigenvalue weighted by molar-refractivity contribution is 5.91. The Morgan fingerprint density at radius 3 is 2.62 bits per heavy atom. The average Bonchev–Trinajstić information content (AvgIpc) is 2.28. The summed E-state index contributed by atoms with van der Waals surface area (Å²) in [6, 6.07) is 4.16. The molecule has 0 unspecified atom stereocenters. The number of hydrogen-bond donors (Lipinski definition) is 0. The standard InChI is InChI=1S/C11H13NO4/c1-3-8-7-9(12(14)15)5-6-10(8)11(13)16-4-2/h5-7H,3-4H2,1-2H3. The molecule has 5 nitrogen and oxygen atoms in total. The van der Waals surface area contributed by atoms with Crippen LogP contribution in [0.3, 0.4) is 0 Å². The smallest absolute Gasteiger partial charge is 0.338 e. The van der Waals surface area contributed by atoms with Crippen LogP contribution in [-0.2, 0) is 11.2 Å². The molecule has 0 bridgehead atoms. The summed E-state index contributed by atoms with van der Waals surface area (Å²) in [5.74, 6) is -0.436. The molecule has 0 fully saturated rings. The molecule has 0 atom stereocenters. The van der Waals surface area contributed by atoms with Gasteiger partial charge in [-0.1, -0.05) is 6.92 Å². The van der Waals surface area contributed by atoms with E-state index in [0.29, 0.717) is 24.2 Å². The van der Waals surface area contributed by atoms with Crippen LogP contribution in [0.2, 0.25) is 0 Å². The average molecular weight is 223 g/mol. The minimum Gasteiger partial charge on any atom is -0.462 e. The predicted octanol–water partition coefficient (Wildman–Crippen LogP) is 2.33. The first kappa shape index (κ1) is 12.2. The number of carbonyl (C=O) groups is 1. The number of ether oxygens (including phenoxy) is 1. The minimum atomic E-state index is -0.478. The van der Waals surface area contributed by atoms with Crippen molar-refractivity contribution < 1.29 is 14.5 Å². The molecule has 0 spiro atoms. The van der Waals surface area contributed by atoms with Gasteiger partial charge in [-0.25, -0.2) is 4.79 Å². The maximum Gasteiger partial charge on any atom is 0.338 e. The molecule has 0 N–H and O–H groups in total. The molecule has 5 heteroatoms. The largest absolute Gasteiger partial charge is 0.462 e. The van der Waals surface area contributed by atoms with Gasteiger partial charge in [-0.3, -0.25) is 10.1 Å². The van der Waals surface area contributed by atoms with E-state index < -0.39 is 10.9 Å². The van der Waals surface area contributed by atoms with E-state index in [0.717, 1.165) is 0 Å². The number of esters is 1. The van der Waals surface area contributed by atoms with E-state index in [9.17, 15) is 14.9 Å². The Morgan fingerprint density at radius 2 is 2.12 bits per heavy atom. The highest BCUT2D eigenvalue weighted by atomic mass is 16.6. The van der Waals surface area contributed by atoms with Crippen LogP contribution in [0.4, 0.5) is 5.69 Å². The molecule has 0 aliphatic carbocycles. The van der Waals surface area contributed by atoms with E-state index in [-0.39, 0.29) is 5.69 Å². The summed E-state index contributed by atoms with van der Waals surface area (Å²) in [7, 11) is 0. The molecule has 0 saturated heterocycles. The fourth-order valence-electron chi connectivity index (χ4n) is 1.39. The van der Waals surface area contributed by atoms with Crippen LogP contribution in [0, 0.1) is 10.1 Å². The third kappa shape index (κ3) is 2.56. The van der Waals surface area contributed by atoms with E-state index in [1.54, 1.807) is 6.92 Å². The quantitative estimate of drug-likeness (QED) is 0.446. The molecular formula is C11H13NO4. The highest BCUT2D eigenvalue weighted by Crippen LogP contribution is 2.19. The Bertz CT molecular complexity index is 414. The molecule has 16 heavy (non-hydrogen) atoms. The summed E-state index contributed by atoms with van der Waals surface area (Å²) in [5, 5.41) is 10.6. The summed E-state index contributed by atoms with van der Waals surface area (Å²) in [5.41, 5.74) is 1.02. The van der Waals surface area contributed by atoms with E-state index in [4.69, 9.17) is 4.74 Å². The summed E-state index contributed by atoms with van der Waals surface area (Å²) >= 11 is 0. The molecule has 0 aliphatic heterocycles. The molecule has 1 rings (SSSR count). The third-order valence-electron chi connectivity index (χ3n) is 2.18. The second-order valence-electron chi connectivity index (χ2n) is 3.17. The van der Waals surface area contributed by atoms with Gasteiger partial charge < -0.3 is 4.74 Å². The summed E-state index contributed by atoms with van der Waals surface area (Å²) < 4.78 is 4.86. The Morgan fingerprint density at radius 1 is 1.44 bits per heavy atom. The van der Waals surface area contributed by atoms with E-state index >= 15 is 0 Å². The van der Waals surface area contributed by atoms with Gasteiger partial charge in [0.25, 0.3) is 5.69 Å². The first-order valence-corrected chi connectivity index (χ1v) is 5.04. The van der Waals surface area contributed by atoms with Crippen LogP contribution in [0.15, 0.2) is 18.2 Å². The lowest BCUT2D eigenvalue weighted by Gasteiger charge is -2.06. The number of hydrogen-bond acceptors (Lipinski definition) is 4. The third-order valence-corrected chi connectivity index (χ3v) is 2.18. The molecule has 0 aliphatic rings. The van der Waals surface area contributed by atoms with Crippen molar-refractivity contribution in [2.75, 3.05) is 6.61 Å². The number of benzene rings is 1. The van der Waals surface area contributed by atoms with Gasteiger partial charge >= 0.3 is 5.97 Å². The zero-order valence-corrected chi connectivity index (χ0v) is 9.23. The lowest BCUT2D eigenvalue weighted by Crippen LogP contribution is -2.08. The molecule has 1 aromatic rings. The van der Waals surface area contributed by atoms with Gasteiger partial charge in [-0.05, 0) is 25.0 Å². The highest BCUT2D eigenvalue weighted by Gasteiger charge is 2.15. The monoisotopic (exact) mass is 223 g/mol. The summed E-state index contributed by atoms with van der Waals surface area (Å²) in [6.07, 6.45) is 0.551. The Labute approximate surface area is 93.2 Å². The molecule has 0 aromatic heterocycles. The van der Waals surface area contributed by atoms with Crippen molar-refractivity contribution in [1.82, 2.24) is 0 Å². The first-order valence-electron chi connectivity index (χ1n) is 5.04. The van der Waals surface area contributed by atoms with Crippen molar-refractivity contribution in [2.45, 2.75) is 20.3 Å². The van der Waals surface area contributed by atoms with Crippen molar-refractivity contribution in [1.29, 1.82) is 0 Å². The maximum absolute atomic E-state index is 11.5.